The summed E-state index contributed by atoms with van der Waals surface area (Å²) in [4.78, 5) is 2.81. The lowest BCUT2D eigenvalue weighted by atomic mass is 9.75. The van der Waals surface area contributed by atoms with Gasteiger partial charge >= 0.3 is 0 Å². The standard InChI is InChI=1S/C17H36N2/c1-6-16(7-2)19(13-15(4)5)14-17(8-3)9-11-18-12-10-17/h15-16,18H,6-14H2,1-5H3. The van der Waals surface area contributed by atoms with Crippen molar-refractivity contribution < 1.29 is 0 Å². The molecule has 2 nitrogen and oxygen atoms in total. The summed E-state index contributed by atoms with van der Waals surface area (Å²) in [5.74, 6) is 0.774. The van der Waals surface area contributed by atoms with Crippen molar-refractivity contribution in [3.63, 3.8) is 0 Å². The first-order valence-corrected chi connectivity index (χ1v) is 8.51. The highest BCUT2D eigenvalue weighted by Gasteiger charge is 2.33. The molecule has 0 spiro atoms. The van der Waals surface area contributed by atoms with Crippen molar-refractivity contribution in [1.29, 1.82) is 0 Å². The van der Waals surface area contributed by atoms with Gasteiger partial charge in [0, 0.05) is 19.1 Å². The van der Waals surface area contributed by atoms with Gasteiger partial charge in [0.2, 0.25) is 0 Å². The predicted octanol–water partition coefficient (Wildman–Crippen LogP) is 3.91. The van der Waals surface area contributed by atoms with Gasteiger partial charge in [0.05, 0.1) is 0 Å². The highest BCUT2D eigenvalue weighted by atomic mass is 15.2. The van der Waals surface area contributed by atoms with E-state index in [1.165, 1.54) is 58.3 Å². The fourth-order valence-corrected chi connectivity index (χ4v) is 3.63. The third kappa shape index (κ3) is 5.07. The lowest BCUT2D eigenvalue weighted by Gasteiger charge is -2.44. The van der Waals surface area contributed by atoms with Crippen molar-refractivity contribution in [3.05, 3.63) is 0 Å². The van der Waals surface area contributed by atoms with Crippen LogP contribution in [0, 0.1) is 11.3 Å². The molecule has 114 valence electrons. The molecule has 1 rings (SSSR count). The summed E-state index contributed by atoms with van der Waals surface area (Å²) in [5.41, 5.74) is 0.572. The molecule has 0 radical (unpaired) electrons. The van der Waals surface area contributed by atoms with E-state index in [4.69, 9.17) is 0 Å². The van der Waals surface area contributed by atoms with Crippen molar-refractivity contribution >= 4 is 0 Å². The molecule has 0 aromatic heterocycles. The number of nitrogens with zero attached hydrogens (tertiary/aromatic N) is 1. The zero-order chi connectivity index (χ0) is 14.3. The zero-order valence-corrected chi connectivity index (χ0v) is 14.0. The van der Waals surface area contributed by atoms with Crippen molar-refractivity contribution in [1.82, 2.24) is 10.2 Å². The van der Waals surface area contributed by atoms with E-state index < -0.39 is 0 Å². The Balaban J connectivity index is 2.72. The summed E-state index contributed by atoms with van der Waals surface area (Å²) in [5, 5.41) is 3.53. The molecule has 2 heteroatoms. The Morgan fingerprint density at radius 3 is 2.05 bits per heavy atom. The van der Waals surface area contributed by atoms with Gasteiger partial charge in [-0.1, -0.05) is 34.6 Å². The normalized spacial score (nSPS) is 19.6. The molecule has 0 aromatic rings. The Labute approximate surface area is 121 Å². The molecule has 1 fully saturated rings. The number of rotatable bonds is 8. The fraction of sp³-hybridized carbons (Fsp3) is 1.00. The number of hydrogen-bond donors (Lipinski definition) is 1. The third-order valence-corrected chi connectivity index (χ3v) is 5.01. The quantitative estimate of drug-likeness (QED) is 0.718. The molecule has 0 saturated carbocycles. The average Bonchev–Trinajstić information content (AvgIpc) is 2.40. The minimum atomic E-state index is 0.572. The van der Waals surface area contributed by atoms with Gasteiger partial charge < -0.3 is 5.32 Å². The van der Waals surface area contributed by atoms with Crippen LogP contribution in [-0.4, -0.2) is 37.1 Å². The van der Waals surface area contributed by atoms with E-state index in [1.807, 2.05) is 0 Å². The Kier molecular flexibility index (Phi) is 7.38. The molecule has 0 aromatic carbocycles. The summed E-state index contributed by atoms with van der Waals surface area (Å²) in [6.07, 6.45) is 6.64. The Morgan fingerprint density at radius 2 is 1.63 bits per heavy atom. The highest BCUT2D eigenvalue weighted by molar-refractivity contribution is 4.88. The van der Waals surface area contributed by atoms with Gasteiger partial charge in [0.25, 0.3) is 0 Å². The number of nitrogens with one attached hydrogen (secondary N) is 1. The lowest BCUT2D eigenvalue weighted by Crippen LogP contribution is -2.48. The monoisotopic (exact) mass is 268 g/mol. The van der Waals surface area contributed by atoms with E-state index in [1.54, 1.807) is 0 Å². The molecule has 1 saturated heterocycles. The molecular formula is C17H36N2. The first-order valence-electron chi connectivity index (χ1n) is 8.51. The minimum absolute atomic E-state index is 0.572. The third-order valence-electron chi connectivity index (χ3n) is 5.01. The zero-order valence-electron chi connectivity index (χ0n) is 14.0. The van der Waals surface area contributed by atoms with Crippen LogP contribution in [0.3, 0.4) is 0 Å². The molecular weight excluding hydrogens is 232 g/mol. The fourth-order valence-electron chi connectivity index (χ4n) is 3.63. The Hall–Kier alpha value is -0.0800. The van der Waals surface area contributed by atoms with Crippen LogP contribution in [0.2, 0.25) is 0 Å². The summed E-state index contributed by atoms with van der Waals surface area (Å²) in [6, 6.07) is 0.778. The minimum Gasteiger partial charge on any atom is -0.317 e. The first kappa shape index (κ1) is 17.0. The summed E-state index contributed by atoms with van der Waals surface area (Å²) in [7, 11) is 0. The number of hydrogen-bond acceptors (Lipinski definition) is 2. The maximum atomic E-state index is 3.53. The van der Waals surface area contributed by atoms with E-state index in [-0.39, 0.29) is 0 Å². The maximum Gasteiger partial charge on any atom is 0.00903 e. The van der Waals surface area contributed by atoms with E-state index in [2.05, 4.69) is 44.8 Å². The number of piperidine rings is 1. The van der Waals surface area contributed by atoms with Crippen LogP contribution in [0.25, 0.3) is 0 Å². The summed E-state index contributed by atoms with van der Waals surface area (Å²) < 4.78 is 0. The van der Waals surface area contributed by atoms with Crippen molar-refractivity contribution in [2.45, 2.75) is 72.8 Å². The molecule has 19 heavy (non-hydrogen) atoms. The van der Waals surface area contributed by atoms with Gasteiger partial charge in [0.1, 0.15) is 0 Å². The Bertz CT molecular complexity index is 227. The molecule has 1 heterocycles. The second-order valence-electron chi connectivity index (χ2n) is 6.90. The first-order chi connectivity index (χ1) is 9.06. The Morgan fingerprint density at radius 1 is 1.05 bits per heavy atom. The lowest BCUT2D eigenvalue weighted by molar-refractivity contribution is 0.0650. The predicted molar refractivity (Wildman–Crippen MR) is 85.6 cm³/mol. The van der Waals surface area contributed by atoms with E-state index >= 15 is 0 Å². The van der Waals surface area contributed by atoms with Crippen LogP contribution in [0.5, 0.6) is 0 Å². The van der Waals surface area contributed by atoms with Crippen LogP contribution >= 0.6 is 0 Å². The summed E-state index contributed by atoms with van der Waals surface area (Å²) in [6.45, 7) is 16.8. The SMILES string of the molecule is CCC(CC)N(CC(C)C)CC1(CC)CCNCC1. The van der Waals surface area contributed by atoms with Crippen LogP contribution in [0.4, 0.5) is 0 Å². The van der Waals surface area contributed by atoms with E-state index in [0.29, 0.717) is 5.41 Å². The van der Waals surface area contributed by atoms with Gasteiger partial charge in [-0.3, -0.25) is 4.90 Å². The molecule has 0 atom stereocenters. The second-order valence-corrected chi connectivity index (χ2v) is 6.90. The summed E-state index contributed by atoms with van der Waals surface area (Å²) >= 11 is 0. The van der Waals surface area contributed by atoms with Crippen LogP contribution < -0.4 is 5.32 Å². The van der Waals surface area contributed by atoms with Gasteiger partial charge in [-0.2, -0.15) is 0 Å². The largest absolute Gasteiger partial charge is 0.317 e. The van der Waals surface area contributed by atoms with E-state index in [9.17, 15) is 0 Å². The molecule has 0 aliphatic carbocycles. The topological polar surface area (TPSA) is 15.3 Å². The van der Waals surface area contributed by atoms with Crippen LogP contribution in [-0.2, 0) is 0 Å². The van der Waals surface area contributed by atoms with Gasteiger partial charge in [-0.05, 0) is 56.5 Å². The molecule has 1 aliphatic rings. The van der Waals surface area contributed by atoms with Crippen molar-refractivity contribution in [2.24, 2.45) is 11.3 Å². The maximum absolute atomic E-state index is 3.53. The molecule has 0 unspecified atom stereocenters. The van der Waals surface area contributed by atoms with Crippen molar-refractivity contribution in [3.8, 4) is 0 Å². The smallest absolute Gasteiger partial charge is 0.00903 e. The molecule has 1 aliphatic heterocycles. The van der Waals surface area contributed by atoms with Gasteiger partial charge in [-0.25, -0.2) is 0 Å². The average molecular weight is 268 g/mol. The molecule has 0 bridgehead atoms. The molecule has 0 amide bonds. The second kappa shape index (κ2) is 8.26. The van der Waals surface area contributed by atoms with Gasteiger partial charge in [-0.15, -0.1) is 0 Å². The van der Waals surface area contributed by atoms with Gasteiger partial charge in [0.15, 0.2) is 0 Å². The molecule has 1 N–H and O–H groups in total. The van der Waals surface area contributed by atoms with Crippen LogP contribution in [0.1, 0.15) is 66.7 Å². The van der Waals surface area contributed by atoms with Crippen LogP contribution in [0.15, 0.2) is 0 Å². The van der Waals surface area contributed by atoms with E-state index in [0.717, 1.165) is 12.0 Å². The van der Waals surface area contributed by atoms with Crippen molar-refractivity contribution in [2.75, 3.05) is 26.2 Å². The highest BCUT2D eigenvalue weighted by Crippen LogP contribution is 2.34.